The summed E-state index contributed by atoms with van der Waals surface area (Å²) in [5.41, 5.74) is 14.0. The quantitative estimate of drug-likeness (QED) is 0.322. The molecule has 1 rings (SSSR count). The van der Waals surface area contributed by atoms with Crippen molar-refractivity contribution in [2.75, 3.05) is 13.1 Å². The molecule has 0 saturated heterocycles. The van der Waals surface area contributed by atoms with E-state index in [9.17, 15) is 4.79 Å². The molecular formula is C13H19N5O. The lowest BCUT2D eigenvalue weighted by atomic mass is 9.92. The smallest absolute Gasteiger partial charge is 0.237 e. The Hall–Kier alpha value is -2.04. The first-order valence-corrected chi connectivity index (χ1v) is 6.18. The maximum atomic E-state index is 11.6. The third kappa shape index (κ3) is 4.99. The molecule has 0 heterocycles. The minimum Gasteiger partial charge on any atom is -0.368 e. The number of azide groups is 1. The lowest BCUT2D eigenvalue weighted by Gasteiger charge is -2.27. The molecule has 19 heavy (non-hydrogen) atoms. The average molecular weight is 261 g/mol. The summed E-state index contributed by atoms with van der Waals surface area (Å²) in [6.45, 7) is 2.50. The van der Waals surface area contributed by atoms with Gasteiger partial charge in [0.05, 0.1) is 5.54 Å². The number of hydrogen-bond donors (Lipinski definition) is 2. The molecule has 102 valence electrons. The van der Waals surface area contributed by atoms with E-state index >= 15 is 0 Å². The minimum atomic E-state index is -0.791. The Morgan fingerprint density at radius 1 is 1.47 bits per heavy atom. The number of primary amides is 1. The van der Waals surface area contributed by atoms with Crippen molar-refractivity contribution < 1.29 is 4.79 Å². The molecule has 0 aromatic heterocycles. The summed E-state index contributed by atoms with van der Waals surface area (Å²) < 4.78 is 0. The molecule has 6 nitrogen and oxygen atoms in total. The molecule has 0 fully saturated rings. The highest BCUT2D eigenvalue weighted by Crippen LogP contribution is 2.14. The number of nitrogens with one attached hydrogen (secondary N) is 1. The number of carbonyl (C=O) groups excluding carboxylic acids is 1. The van der Waals surface area contributed by atoms with Crippen LogP contribution >= 0.6 is 0 Å². The van der Waals surface area contributed by atoms with Gasteiger partial charge in [0.25, 0.3) is 0 Å². The van der Waals surface area contributed by atoms with E-state index in [1.54, 1.807) is 6.92 Å². The van der Waals surface area contributed by atoms with Crippen LogP contribution in [0.25, 0.3) is 10.4 Å². The van der Waals surface area contributed by atoms with Gasteiger partial charge < -0.3 is 11.1 Å². The standard InChI is InChI=1S/C13H19N5O/c1-13(12(14)19,16-9-10-17-18-15)8-7-11-5-3-2-4-6-11/h2-6,16H,7-10H2,1H3,(H2,14,19). The molecule has 0 saturated carbocycles. The lowest BCUT2D eigenvalue weighted by Crippen LogP contribution is -2.54. The van der Waals surface area contributed by atoms with Crippen molar-refractivity contribution in [2.24, 2.45) is 10.8 Å². The SMILES string of the molecule is CC(CCc1ccccc1)(NCCN=[N+]=[N-])C(N)=O. The largest absolute Gasteiger partial charge is 0.368 e. The lowest BCUT2D eigenvalue weighted by molar-refractivity contribution is -0.124. The van der Waals surface area contributed by atoms with Gasteiger partial charge in [-0.25, -0.2) is 0 Å². The molecule has 0 bridgehead atoms. The van der Waals surface area contributed by atoms with Crippen molar-refractivity contribution in [1.82, 2.24) is 5.32 Å². The van der Waals surface area contributed by atoms with Gasteiger partial charge in [-0.15, -0.1) is 0 Å². The second-order valence-corrected chi connectivity index (χ2v) is 4.56. The number of amides is 1. The summed E-state index contributed by atoms with van der Waals surface area (Å²) in [6.07, 6.45) is 1.36. The van der Waals surface area contributed by atoms with Crippen LogP contribution in [0, 0.1) is 0 Å². The van der Waals surface area contributed by atoms with Gasteiger partial charge in [0.1, 0.15) is 0 Å². The van der Waals surface area contributed by atoms with Crippen molar-refractivity contribution in [3.63, 3.8) is 0 Å². The van der Waals surface area contributed by atoms with Gasteiger partial charge in [0.2, 0.25) is 5.91 Å². The van der Waals surface area contributed by atoms with Gasteiger partial charge in [0, 0.05) is 18.0 Å². The average Bonchev–Trinajstić information content (AvgIpc) is 2.42. The Morgan fingerprint density at radius 2 is 2.16 bits per heavy atom. The summed E-state index contributed by atoms with van der Waals surface area (Å²) >= 11 is 0. The molecule has 1 aromatic carbocycles. The summed E-state index contributed by atoms with van der Waals surface area (Å²) in [5, 5.41) is 6.48. The molecule has 1 unspecified atom stereocenters. The fourth-order valence-corrected chi connectivity index (χ4v) is 1.76. The molecule has 1 atom stereocenters. The van der Waals surface area contributed by atoms with Crippen molar-refractivity contribution in [1.29, 1.82) is 0 Å². The first-order valence-electron chi connectivity index (χ1n) is 6.18. The van der Waals surface area contributed by atoms with E-state index in [-0.39, 0.29) is 0 Å². The minimum absolute atomic E-state index is 0.296. The van der Waals surface area contributed by atoms with E-state index in [1.807, 2.05) is 30.3 Å². The van der Waals surface area contributed by atoms with E-state index in [4.69, 9.17) is 11.3 Å². The predicted octanol–water partition coefficient (Wildman–Crippen LogP) is 1.76. The van der Waals surface area contributed by atoms with Crippen molar-refractivity contribution >= 4 is 5.91 Å². The van der Waals surface area contributed by atoms with Crippen LogP contribution in [0.15, 0.2) is 35.4 Å². The fourth-order valence-electron chi connectivity index (χ4n) is 1.76. The Morgan fingerprint density at radius 3 is 2.74 bits per heavy atom. The zero-order valence-corrected chi connectivity index (χ0v) is 11.0. The fraction of sp³-hybridized carbons (Fsp3) is 0.462. The van der Waals surface area contributed by atoms with Gasteiger partial charge >= 0.3 is 0 Å². The number of nitrogens with zero attached hydrogens (tertiary/aromatic N) is 3. The molecule has 0 aliphatic carbocycles. The number of hydrogen-bond acceptors (Lipinski definition) is 3. The van der Waals surface area contributed by atoms with Crippen LogP contribution in [-0.2, 0) is 11.2 Å². The van der Waals surface area contributed by atoms with E-state index in [0.717, 1.165) is 12.0 Å². The molecule has 0 aliphatic rings. The van der Waals surface area contributed by atoms with Crippen molar-refractivity contribution in [2.45, 2.75) is 25.3 Å². The van der Waals surface area contributed by atoms with E-state index in [0.29, 0.717) is 19.5 Å². The van der Waals surface area contributed by atoms with E-state index in [2.05, 4.69) is 15.3 Å². The number of rotatable bonds is 8. The number of benzene rings is 1. The van der Waals surface area contributed by atoms with Crippen LogP contribution in [0.2, 0.25) is 0 Å². The molecule has 0 radical (unpaired) electrons. The monoisotopic (exact) mass is 261 g/mol. The summed E-state index contributed by atoms with van der Waals surface area (Å²) in [7, 11) is 0. The highest BCUT2D eigenvalue weighted by atomic mass is 16.1. The van der Waals surface area contributed by atoms with Gasteiger partial charge in [-0.2, -0.15) is 0 Å². The molecule has 1 amide bonds. The highest BCUT2D eigenvalue weighted by Gasteiger charge is 2.29. The van der Waals surface area contributed by atoms with Crippen LogP contribution in [-0.4, -0.2) is 24.5 Å². The van der Waals surface area contributed by atoms with Crippen molar-refractivity contribution in [3.05, 3.63) is 46.3 Å². The maximum Gasteiger partial charge on any atom is 0.237 e. The predicted molar refractivity (Wildman–Crippen MR) is 74.4 cm³/mol. The molecule has 0 aliphatic heterocycles. The normalized spacial score (nSPS) is 13.3. The molecule has 6 heteroatoms. The molecule has 1 aromatic rings. The Labute approximate surface area is 112 Å². The first-order chi connectivity index (χ1) is 9.08. The number of nitrogens with two attached hydrogens (primary N) is 1. The van der Waals surface area contributed by atoms with Crippen LogP contribution in [0.5, 0.6) is 0 Å². The third-order valence-electron chi connectivity index (χ3n) is 3.09. The second kappa shape index (κ2) is 7.41. The zero-order valence-electron chi connectivity index (χ0n) is 11.0. The first kappa shape index (κ1) is 15.0. The summed E-state index contributed by atoms with van der Waals surface area (Å²) in [6, 6.07) is 9.91. The van der Waals surface area contributed by atoms with Crippen LogP contribution in [0.1, 0.15) is 18.9 Å². The van der Waals surface area contributed by atoms with E-state index < -0.39 is 11.4 Å². The summed E-state index contributed by atoms with van der Waals surface area (Å²) in [5.74, 6) is -0.399. The van der Waals surface area contributed by atoms with Gasteiger partial charge in [0.15, 0.2) is 0 Å². The van der Waals surface area contributed by atoms with Crippen LogP contribution < -0.4 is 11.1 Å². The Balaban J connectivity index is 2.56. The van der Waals surface area contributed by atoms with Gasteiger partial charge in [-0.3, -0.25) is 4.79 Å². The second-order valence-electron chi connectivity index (χ2n) is 4.56. The molecule has 3 N–H and O–H groups in total. The van der Waals surface area contributed by atoms with Gasteiger partial charge in [-0.05, 0) is 30.9 Å². The maximum absolute atomic E-state index is 11.6. The third-order valence-corrected chi connectivity index (χ3v) is 3.09. The highest BCUT2D eigenvalue weighted by molar-refractivity contribution is 5.84. The van der Waals surface area contributed by atoms with Gasteiger partial charge in [-0.1, -0.05) is 35.4 Å². The van der Waals surface area contributed by atoms with Crippen molar-refractivity contribution in [3.8, 4) is 0 Å². The number of carbonyl (C=O) groups is 1. The Kier molecular flexibility index (Phi) is 5.85. The summed E-state index contributed by atoms with van der Waals surface area (Å²) in [4.78, 5) is 14.2. The van der Waals surface area contributed by atoms with Crippen LogP contribution in [0.4, 0.5) is 0 Å². The zero-order chi connectivity index (χ0) is 14.1. The molecule has 0 spiro atoms. The number of aryl methyl sites for hydroxylation is 1. The molecular weight excluding hydrogens is 242 g/mol. The van der Waals surface area contributed by atoms with E-state index in [1.165, 1.54) is 0 Å². The van der Waals surface area contributed by atoms with Crippen LogP contribution in [0.3, 0.4) is 0 Å². The topological polar surface area (TPSA) is 104 Å². The Bertz CT molecular complexity index is 455.